The Morgan fingerprint density at radius 1 is 1.40 bits per heavy atom. The van der Waals surface area contributed by atoms with Gasteiger partial charge in [-0.25, -0.2) is 0 Å². The molecule has 15 heavy (non-hydrogen) atoms. The van der Waals surface area contributed by atoms with Crippen LogP contribution in [-0.2, 0) is 5.41 Å². The molecule has 0 N–H and O–H groups in total. The highest BCUT2D eigenvalue weighted by molar-refractivity contribution is 5.49. The van der Waals surface area contributed by atoms with Gasteiger partial charge < -0.3 is 0 Å². The van der Waals surface area contributed by atoms with Crippen molar-refractivity contribution in [3.63, 3.8) is 0 Å². The minimum atomic E-state index is -0.607. The van der Waals surface area contributed by atoms with Crippen molar-refractivity contribution in [1.82, 2.24) is 0 Å². The van der Waals surface area contributed by atoms with Crippen molar-refractivity contribution in [2.24, 2.45) is 0 Å². The van der Waals surface area contributed by atoms with Crippen LogP contribution in [0.5, 0.6) is 0 Å². The van der Waals surface area contributed by atoms with Crippen molar-refractivity contribution in [1.29, 1.82) is 5.26 Å². The van der Waals surface area contributed by atoms with Crippen LogP contribution in [-0.4, -0.2) is 4.92 Å². The monoisotopic (exact) mass is 202 g/mol. The molecule has 1 fully saturated rings. The first kappa shape index (κ1) is 9.66. The third kappa shape index (κ3) is 1.37. The van der Waals surface area contributed by atoms with E-state index in [1.54, 1.807) is 18.2 Å². The van der Waals surface area contributed by atoms with Crippen molar-refractivity contribution < 1.29 is 4.92 Å². The number of rotatable bonds is 2. The molecule has 0 unspecified atom stereocenters. The summed E-state index contributed by atoms with van der Waals surface area (Å²) >= 11 is 0. The first-order valence-electron chi connectivity index (χ1n) is 4.85. The molecule has 0 saturated heterocycles. The molecule has 0 atom stereocenters. The van der Waals surface area contributed by atoms with Crippen LogP contribution in [0, 0.1) is 21.4 Å². The number of benzene rings is 1. The summed E-state index contributed by atoms with van der Waals surface area (Å²) in [6, 6.07) is 8.76. The lowest BCUT2D eigenvalue weighted by atomic mass is 9.65. The molecule has 0 aliphatic heterocycles. The van der Waals surface area contributed by atoms with Crippen molar-refractivity contribution in [3.8, 4) is 6.07 Å². The Bertz CT molecular complexity index is 444. The van der Waals surface area contributed by atoms with Crippen LogP contribution in [0.15, 0.2) is 24.3 Å². The SMILES string of the molecule is N#CC1(c2ccccc2[N+](=O)[O-])CCC1. The third-order valence-electron chi connectivity index (χ3n) is 3.04. The van der Waals surface area contributed by atoms with Crippen LogP contribution in [0.1, 0.15) is 24.8 Å². The van der Waals surface area contributed by atoms with E-state index in [1.807, 2.05) is 0 Å². The first-order chi connectivity index (χ1) is 7.19. The van der Waals surface area contributed by atoms with Gasteiger partial charge in [-0.15, -0.1) is 0 Å². The Kier molecular flexibility index (Phi) is 2.16. The smallest absolute Gasteiger partial charge is 0.258 e. The summed E-state index contributed by atoms with van der Waals surface area (Å²) in [6.45, 7) is 0. The molecule has 0 amide bonds. The van der Waals surface area contributed by atoms with Crippen LogP contribution < -0.4 is 0 Å². The quantitative estimate of drug-likeness (QED) is 0.546. The van der Waals surface area contributed by atoms with Crippen molar-refractivity contribution in [3.05, 3.63) is 39.9 Å². The van der Waals surface area contributed by atoms with E-state index >= 15 is 0 Å². The van der Waals surface area contributed by atoms with Gasteiger partial charge in [0, 0.05) is 6.07 Å². The molecule has 1 aromatic carbocycles. The van der Waals surface area contributed by atoms with Gasteiger partial charge in [0.2, 0.25) is 0 Å². The van der Waals surface area contributed by atoms with Gasteiger partial charge in [-0.1, -0.05) is 18.2 Å². The fraction of sp³-hybridized carbons (Fsp3) is 0.364. The van der Waals surface area contributed by atoms with Gasteiger partial charge in [-0.3, -0.25) is 10.1 Å². The van der Waals surface area contributed by atoms with Crippen LogP contribution >= 0.6 is 0 Å². The lowest BCUT2D eigenvalue weighted by Crippen LogP contribution is -2.32. The average Bonchev–Trinajstić information content (AvgIpc) is 2.17. The minimum Gasteiger partial charge on any atom is -0.258 e. The van der Waals surface area contributed by atoms with Crippen LogP contribution in [0.25, 0.3) is 0 Å². The second-order valence-electron chi connectivity index (χ2n) is 3.82. The third-order valence-corrected chi connectivity index (χ3v) is 3.04. The number of hydrogen-bond acceptors (Lipinski definition) is 3. The lowest BCUT2D eigenvalue weighted by molar-refractivity contribution is -0.386. The van der Waals surface area contributed by atoms with E-state index in [0.717, 1.165) is 19.3 Å². The number of para-hydroxylation sites is 1. The Labute approximate surface area is 87.3 Å². The molecule has 1 aromatic rings. The molecule has 0 heterocycles. The molecule has 0 aromatic heterocycles. The summed E-state index contributed by atoms with van der Waals surface area (Å²) in [7, 11) is 0. The Morgan fingerprint density at radius 3 is 2.53 bits per heavy atom. The summed E-state index contributed by atoms with van der Waals surface area (Å²) in [5.41, 5.74) is 0.0337. The largest absolute Gasteiger partial charge is 0.274 e. The van der Waals surface area contributed by atoms with Crippen LogP contribution in [0.2, 0.25) is 0 Å². The van der Waals surface area contributed by atoms with E-state index < -0.39 is 10.3 Å². The molecule has 0 radical (unpaired) electrons. The maximum absolute atomic E-state index is 10.8. The van der Waals surface area contributed by atoms with Crippen LogP contribution in [0.3, 0.4) is 0 Å². The summed E-state index contributed by atoms with van der Waals surface area (Å²) in [6.07, 6.45) is 2.43. The molecule has 1 aliphatic carbocycles. The van der Waals surface area contributed by atoms with E-state index in [1.165, 1.54) is 6.07 Å². The minimum absolute atomic E-state index is 0.0683. The van der Waals surface area contributed by atoms with E-state index in [-0.39, 0.29) is 5.69 Å². The molecular formula is C11H10N2O2. The second kappa shape index (κ2) is 3.35. The summed E-state index contributed by atoms with van der Waals surface area (Å²) in [5, 5.41) is 19.9. The van der Waals surface area contributed by atoms with E-state index in [9.17, 15) is 10.1 Å². The second-order valence-corrected chi connectivity index (χ2v) is 3.82. The molecule has 1 saturated carbocycles. The molecular weight excluding hydrogens is 192 g/mol. The zero-order valence-electron chi connectivity index (χ0n) is 8.14. The summed E-state index contributed by atoms with van der Waals surface area (Å²) in [4.78, 5) is 10.4. The normalized spacial score (nSPS) is 17.5. The fourth-order valence-electron chi connectivity index (χ4n) is 2.01. The van der Waals surface area contributed by atoms with E-state index in [4.69, 9.17) is 5.26 Å². The summed E-state index contributed by atoms with van der Waals surface area (Å²) < 4.78 is 0. The Hall–Kier alpha value is -1.89. The fourth-order valence-corrected chi connectivity index (χ4v) is 2.01. The lowest BCUT2D eigenvalue weighted by Gasteiger charge is -2.34. The predicted molar refractivity (Wildman–Crippen MR) is 54.2 cm³/mol. The van der Waals surface area contributed by atoms with Gasteiger partial charge in [0.05, 0.1) is 22.0 Å². The van der Waals surface area contributed by atoms with Gasteiger partial charge in [-0.2, -0.15) is 5.26 Å². The number of nitro groups is 1. The molecule has 4 heteroatoms. The predicted octanol–water partition coefficient (Wildman–Crippen LogP) is 2.54. The zero-order valence-corrected chi connectivity index (χ0v) is 8.14. The van der Waals surface area contributed by atoms with Gasteiger partial charge in [0.15, 0.2) is 0 Å². The molecule has 76 valence electrons. The van der Waals surface area contributed by atoms with E-state index in [2.05, 4.69) is 6.07 Å². The van der Waals surface area contributed by atoms with Gasteiger partial charge >= 0.3 is 0 Å². The number of nitrogens with zero attached hydrogens (tertiary/aromatic N) is 2. The molecule has 0 bridgehead atoms. The van der Waals surface area contributed by atoms with Gasteiger partial charge in [0.1, 0.15) is 0 Å². The molecule has 2 rings (SSSR count). The maximum Gasteiger partial charge on any atom is 0.274 e. The van der Waals surface area contributed by atoms with Crippen molar-refractivity contribution in [2.75, 3.05) is 0 Å². The first-order valence-corrected chi connectivity index (χ1v) is 4.85. The Balaban J connectivity index is 2.53. The van der Waals surface area contributed by atoms with Crippen molar-refractivity contribution >= 4 is 5.69 Å². The van der Waals surface area contributed by atoms with Gasteiger partial charge in [-0.05, 0) is 19.3 Å². The maximum atomic E-state index is 10.8. The zero-order chi connectivity index (χ0) is 10.9. The van der Waals surface area contributed by atoms with Gasteiger partial charge in [0.25, 0.3) is 5.69 Å². The molecule has 4 nitrogen and oxygen atoms in total. The highest BCUT2D eigenvalue weighted by atomic mass is 16.6. The van der Waals surface area contributed by atoms with Crippen LogP contribution in [0.4, 0.5) is 5.69 Å². The topological polar surface area (TPSA) is 66.9 Å². The number of hydrogen-bond donors (Lipinski definition) is 0. The number of nitriles is 1. The summed E-state index contributed by atoms with van der Waals surface area (Å²) in [5.74, 6) is 0. The highest BCUT2D eigenvalue weighted by Gasteiger charge is 2.43. The van der Waals surface area contributed by atoms with E-state index in [0.29, 0.717) is 5.56 Å². The molecule has 1 aliphatic rings. The van der Waals surface area contributed by atoms with Crippen molar-refractivity contribution in [2.45, 2.75) is 24.7 Å². The Morgan fingerprint density at radius 2 is 2.07 bits per heavy atom. The molecule has 0 spiro atoms. The standard InChI is InChI=1S/C11H10N2O2/c12-8-11(6-3-7-11)9-4-1-2-5-10(9)13(14)15/h1-2,4-5H,3,6-7H2. The number of nitro benzene ring substituents is 1. The average molecular weight is 202 g/mol. The highest BCUT2D eigenvalue weighted by Crippen LogP contribution is 2.46.